The first-order valence-electron chi connectivity index (χ1n) is 9.50. The van der Waals surface area contributed by atoms with E-state index < -0.39 is 10.0 Å². The van der Waals surface area contributed by atoms with Gasteiger partial charge in [-0.3, -0.25) is 4.79 Å². The molecule has 4 atom stereocenters. The summed E-state index contributed by atoms with van der Waals surface area (Å²) < 4.78 is 26.4. The van der Waals surface area contributed by atoms with Crippen LogP contribution in [0.2, 0.25) is 0 Å². The predicted molar refractivity (Wildman–Crippen MR) is 108 cm³/mol. The molecule has 0 aliphatic heterocycles. The Labute approximate surface area is 168 Å². The lowest BCUT2D eigenvalue weighted by Gasteiger charge is -2.27. The summed E-state index contributed by atoms with van der Waals surface area (Å²) in [5.74, 6) is 0.887. The second kappa shape index (κ2) is 8.90. The van der Waals surface area contributed by atoms with Crippen molar-refractivity contribution in [2.45, 2.75) is 50.6 Å². The van der Waals surface area contributed by atoms with E-state index in [4.69, 9.17) is 5.73 Å². The molecule has 1 amide bonds. The number of nitrogens with two attached hydrogens (primary N) is 1. The van der Waals surface area contributed by atoms with Gasteiger partial charge in [-0.25, -0.2) is 8.42 Å². The van der Waals surface area contributed by atoms with E-state index in [0.29, 0.717) is 31.5 Å². The Hall–Kier alpha value is -1.15. The fraction of sp³-hybridized carbons (Fsp3) is 0.632. The van der Waals surface area contributed by atoms with Crippen LogP contribution in [0.3, 0.4) is 0 Å². The zero-order valence-corrected chi connectivity index (χ0v) is 17.6. The minimum atomic E-state index is -3.45. The van der Waals surface area contributed by atoms with Gasteiger partial charge in [-0.05, 0) is 48.8 Å². The van der Waals surface area contributed by atoms with Gasteiger partial charge in [-0.2, -0.15) is 4.31 Å². The van der Waals surface area contributed by atoms with E-state index in [9.17, 15) is 13.2 Å². The highest BCUT2D eigenvalue weighted by Crippen LogP contribution is 2.47. The van der Waals surface area contributed by atoms with Gasteiger partial charge in [0.1, 0.15) is 0 Å². The third-order valence-corrected chi connectivity index (χ3v) is 8.08. The van der Waals surface area contributed by atoms with Crippen molar-refractivity contribution in [3.05, 3.63) is 29.8 Å². The van der Waals surface area contributed by atoms with Gasteiger partial charge in [0.15, 0.2) is 0 Å². The number of nitrogens with zero attached hydrogens (tertiary/aromatic N) is 1. The highest BCUT2D eigenvalue weighted by atomic mass is 35.5. The number of hydrogen-bond acceptors (Lipinski definition) is 4. The van der Waals surface area contributed by atoms with Crippen molar-refractivity contribution < 1.29 is 13.2 Å². The summed E-state index contributed by atoms with van der Waals surface area (Å²) in [5.41, 5.74) is 7.11. The van der Waals surface area contributed by atoms with E-state index in [-0.39, 0.29) is 35.2 Å². The summed E-state index contributed by atoms with van der Waals surface area (Å²) in [6.45, 7) is 4.93. The number of nitrogens with one attached hydrogen (secondary N) is 1. The molecule has 6 nitrogen and oxygen atoms in total. The average Bonchev–Trinajstić information content (AvgIpc) is 3.22. The molecule has 0 aromatic heterocycles. The zero-order valence-electron chi connectivity index (χ0n) is 15.9. The van der Waals surface area contributed by atoms with E-state index in [1.165, 1.54) is 4.31 Å². The molecule has 0 spiro atoms. The van der Waals surface area contributed by atoms with E-state index in [0.717, 1.165) is 24.8 Å². The maximum Gasteiger partial charge on any atom is 0.243 e. The summed E-state index contributed by atoms with van der Waals surface area (Å²) in [4.78, 5) is 12.8. The van der Waals surface area contributed by atoms with Crippen molar-refractivity contribution in [1.82, 2.24) is 9.62 Å². The minimum absolute atomic E-state index is 0. The van der Waals surface area contributed by atoms with Crippen LogP contribution in [0.25, 0.3) is 0 Å². The Balaban J connectivity index is 0.00000261. The van der Waals surface area contributed by atoms with Gasteiger partial charge < -0.3 is 11.1 Å². The Morgan fingerprint density at radius 2 is 1.74 bits per heavy atom. The fourth-order valence-corrected chi connectivity index (χ4v) is 5.98. The predicted octanol–water partition coefficient (Wildman–Crippen LogP) is 2.13. The van der Waals surface area contributed by atoms with Crippen molar-refractivity contribution in [1.29, 1.82) is 0 Å². The summed E-state index contributed by atoms with van der Waals surface area (Å²) >= 11 is 0. The average molecular weight is 416 g/mol. The molecule has 8 heteroatoms. The highest BCUT2D eigenvalue weighted by molar-refractivity contribution is 7.89. The number of rotatable bonds is 7. The number of amides is 1. The van der Waals surface area contributed by atoms with Crippen LogP contribution in [-0.2, 0) is 21.4 Å². The van der Waals surface area contributed by atoms with E-state index in [1.807, 2.05) is 13.8 Å². The third kappa shape index (κ3) is 4.31. The van der Waals surface area contributed by atoms with Crippen LogP contribution in [0.4, 0.5) is 0 Å². The van der Waals surface area contributed by atoms with Crippen molar-refractivity contribution >= 4 is 28.3 Å². The van der Waals surface area contributed by atoms with Gasteiger partial charge in [0.05, 0.1) is 10.8 Å². The number of carbonyl (C=O) groups excluding carboxylic acids is 1. The van der Waals surface area contributed by atoms with Gasteiger partial charge in [0.2, 0.25) is 15.9 Å². The second-order valence-electron chi connectivity index (χ2n) is 7.39. The smallest absolute Gasteiger partial charge is 0.243 e. The molecule has 2 aliphatic carbocycles. The van der Waals surface area contributed by atoms with Gasteiger partial charge in [-0.15, -0.1) is 12.4 Å². The Kier molecular flexibility index (Phi) is 7.30. The van der Waals surface area contributed by atoms with Crippen LogP contribution in [0.1, 0.15) is 38.7 Å². The molecular weight excluding hydrogens is 386 g/mol. The molecule has 3 N–H and O–H groups in total. The number of benzene rings is 1. The molecule has 2 aliphatic rings. The first-order valence-corrected chi connectivity index (χ1v) is 10.9. The van der Waals surface area contributed by atoms with Crippen molar-refractivity contribution in [2.75, 3.05) is 13.1 Å². The first-order chi connectivity index (χ1) is 12.4. The number of hydrogen-bond donors (Lipinski definition) is 2. The van der Waals surface area contributed by atoms with Gasteiger partial charge >= 0.3 is 0 Å². The van der Waals surface area contributed by atoms with Crippen LogP contribution >= 0.6 is 12.4 Å². The molecule has 0 heterocycles. The maximum absolute atomic E-state index is 12.5. The number of sulfonamides is 1. The first kappa shape index (κ1) is 22.1. The maximum atomic E-state index is 12.5. The van der Waals surface area contributed by atoms with E-state index in [2.05, 4.69) is 5.32 Å². The lowest BCUT2D eigenvalue weighted by molar-refractivity contribution is -0.127. The van der Waals surface area contributed by atoms with Crippen LogP contribution in [0.5, 0.6) is 0 Å². The molecule has 1 aromatic carbocycles. The largest absolute Gasteiger partial charge is 0.352 e. The monoisotopic (exact) mass is 415 g/mol. The van der Waals surface area contributed by atoms with Crippen molar-refractivity contribution in [2.24, 2.45) is 23.5 Å². The molecule has 2 saturated carbocycles. The fourth-order valence-electron chi connectivity index (χ4n) is 4.52. The molecule has 0 saturated heterocycles. The van der Waals surface area contributed by atoms with Gasteiger partial charge in [0.25, 0.3) is 0 Å². The van der Waals surface area contributed by atoms with Crippen LogP contribution in [0, 0.1) is 17.8 Å². The number of carbonyl (C=O) groups is 1. The quantitative estimate of drug-likeness (QED) is 0.713. The van der Waals surface area contributed by atoms with Crippen molar-refractivity contribution in [3.8, 4) is 0 Å². The Morgan fingerprint density at radius 3 is 2.26 bits per heavy atom. The van der Waals surface area contributed by atoms with Crippen LogP contribution in [0.15, 0.2) is 29.2 Å². The minimum Gasteiger partial charge on any atom is -0.352 e. The number of halogens is 1. The molecule has 0 radical (unpaired) electrons. The zero-order chi connectivity index (χ0) is 18.9. The standard InChI is InChI=1S/C19H29N3O3S.ClH/c1-3-22(4-2)26(24,25)16-9-5-13(6-10-16)12-21-19(23)17-14-7-8-15(11-14)18(17)20;/h5-6,9-10,14-15,17-18H,3-4,7-8,11-12,20H2,1-2H3,(H,21,23);1H. The molecule has 3 rings (SSSR count). The molecule has 1 aromatic rings. The SMILES string of the molecule is CCN(CC)S(=O)(=O)c1ccc(CNC(=O)C2C3CCC(C3)C2N)cc1.Cl. The van der Waals surface area contributed by atoms with E-state index >= 15 is 0 Å². The van der Waals surface area contributed by atoms with Crippen molar-refractivity contribution in [3.63, 3.8) is 0 Å². The third-order valence-electron chi connectivity index (χ3n) is 6.02. The Bertz CT molecular complexity index is 748. The number of fused-ring (bicyclic) bond motifs is 2. The van der Waals surface area contributed by atoms with Gasteiger partial charge in [0, 0.05) is 25.7 Å². The van der Waals surface area contributed by atoms with Gasteiger partial charge in [-0.1, -0.05) is 26.0 Å². The highest BCUT2D eigenvalue weighted by Gasteiger charge is 2.48. The summed E-state index contributed by atoms with van der Waals surface area (Å²) in [6, 6.07) is 6.72. The molecule has 2 bridgehead atoms. The lowest BCUT2D eigenvalue weighted by Crippen LogP contribution is -2.45. The van der Waals surface area contributed by atoms with Crippen LogP contribution < -0.4 is 11.1 Å². The van der Waals surface area contributed by atoms with Crippen LogP contribution in [-0.4, -0.2) is 37.8 Å². The summed E-state index contributed by atoms with van der Waals surface area (Å²) in [6.07, 6.45) is 3.34. The summed E-state index contributed by atoms with van der Waals surface area (Å²) in [5, 5.41) is 2.98. The summed E-state index contributed by atoms with van der Waals surface area (Å²) in [7, 11) is -3.45. The normalized spacial score (nSPS) is 26.8. The topological polar surface area (TPSA) is 92.5 Å². The molecule has 27 heavy (non-hydrogen) atoms. The molecular formula is C19H30ClN3O3S. The molecule has 2 fully saturated rings. The molecule has 152 valence electrons. The Morgan fingerprint density at radius 1 is 1.15 bits per heavy atom. The molecule has 4 unspecified atom stereocenters. The second-order valence-corrected chi connectivity index (χ2v) is 9.33. The lowest BCUT2D eigenvalue weighted by atomic mass is 9.84. The van der Waals surface area contributed by atoms with E-state index in [1.54, 1.807) is 24.3 Å².